The number of carbonyl (C=O) groups is 1. The van der Waals surface area contributed by atoms with Crippen LogP contribution in [-0.2, 0) is 4.74 Å². The molecule has 19 heavy (non-hydrogen) atoms. The van der Waals surface area contributed by atoms with E-state index >= 15 is 0 Å². The molecule has 0 aromatic rings. The zero-order valence-corrected chi connectivity index (χ0v) is 11.6. The van der Waals surface area contributed by atoms with E-state index in [4.69, 9.17) is 9.84 Å². The Morgan fingerprint density at radius 1 is 1.32 bits per heavy atom. The summed E-state index contributed by atoms with van der Waals surface area (Å²) in [5, 5.41) is 12.0. The van der Waals surface area contributed by atoms with Crippen LogP contribution in [-0.4, -0.2) is 55.0 Å². The number of rotatable bonds is 6. The van der Waals surface area contributed by atoms with Gasteiger partial charge in [-0.2, -0.15) is 0 Å². The number of nitrogens with one attached hydrogen (secondary N) is 1. The first-order valence-electron chi connectivity index (χ1n) is 7.55. The van der Waals surface area contributed by atoms with Crippen LogP contribution in [0.3, 0.4) is 0 Å². The van der Waals surface area contributed by atoms with Crippen LogP contribution in [0.2, 0.25) is 0 Å². The minimum absolute atomic E-state index is 0.00295. The van der Waals surface area contributed by atoms with Gasteiger partial charge in [-0.25, -0.2) is 4.79 Å². The third-order valence-electron chi connectivity index (χ3n) is 4.08. The summed E-state index contributed by atoms with van der Waals surface area (Å²) in [4.78, 5) is 13.6. The van der Waals surface area contributed by atoms with Crippen molar-refractivity contribution in [3.05, 3.63) is 0 Å². The first-order chi connectivity index (χ1) is 9.29. The van der Waals surface area contributed by atoms with Crippen molar-refractivity contribution in [3.63, 3.8) is 0 Å². The van der Waals surface area contributed by atoms with Gasteiger partial charge in [0.05, 0.1) is 6.10 Å². The van der Waals surface area contributed by atoms with E-state index in [0.717, 1.165) is 26.0 Å². The van der Waals surface area contributed by atoms with Gasteiger partial charge in [-0.15, -0.1) is 0 Å². The van der Waals surface area contributed by atoms with Crippen LogP contribution in [0, 0.1) is 5.92 Å². The molecular weight excluding hydrogens is 244 g/mol. The number of urea groups is 1. The summed E-state index contributed by atoms with van der Waals surface area (Å²) < 4.78 is 5.75. The molecule has 5 nitrogen and oxygen atoms in total. The Hall–Kier alpha value is -0.810. The second kappa shape index (κ2) is 7.70. The molecular formula is C14H26N2O3. The van der Waals surface area contributed by atoms with Crippen molar-refractivity contribution in [2.24, 2.45) is 5.92 Å². The fraction of sp³-hybridized carbons (Fsp3) is 0.929. The molecule has 1 aliphatic carbocycles. The minimum Gasteiger partial charge on any atom is -0.396 e. The normalized spacial score (nSPS) is 24.1. The highest BCUT2D eigenvalue weighted by Gasteiger charge is 2.25. The average Bonchev–Trinajstić information content (AvgIpc) is 3.09. The molecule has 0 bridgehead atoms. The molecule has 1 saturated carbocycles. The molecule has 0 aromatic carbocycles. The maximum Gasteiger partial charge on any atom is 0.317 e. The highest BCUT2D eigenvalue weighted by molar-refractivity contribution is 5.74. The van der Waals surface area contributed by atoms with E-state index in [-0.39, 0.29) is 18.6 Å². The van der Waals surface area contributed by atoms with E-state index < -0.39 is 0 Å². The van der Waals surface area contributed by atoms with Crippen LogP contribution in [0.25, 0.3) is 0 Å². The molecule has 0 spiro atoms. The first kappa shape index (κ1) is 14.6. The Bertz CT molecular complexity index is 280. The summed E-state index contributed by atoms with van der Waals surface area (Å²) in [5.41, 5.74) is 0. The molecule has 1 atom stereocenters. The average molecular weight is 270 g/mol. The molecule has 1 unspecified atom stereocenters. The molecule has 2 N–H and O–H groups in total. The maximum atomic E-state index is 11.8. The molecule has 5 heteroatoms. The number of hydrogen-bond donors (Lipinski definition) is 2. The number of nitrogens with zero attached hydrogens (tertiary/aromatic N) is 1. The van der Waals surface area contributed by atoms with Crippen molar-refractivity contribution in [1.29, 1.82) is 0 Å². The number of carbonyl (C=O) groups excluding carboxylic acids is 1. The van der Waals surface area contributed by atoms with Gasteiger partial charge >= 0.3 is 6.03 Å². The SMILES string of the molecule is O=C(NCCCOC1CCCC1)N1CCC(CO)C1. The van der Waals surface area contributed by atoms with Gasteiger partial charge in [-0.3, -0.25) is 0 Å². The predicted molar refractivity (Wildman–Crippen MR) is 73.0 cm³/mol. The zero-order valence-electron chi connectivity index (χ0n) is 11.6. The van der Waals surface area contributed by atoms with E-state index in [1.165, 1.54) is 25.7 Å². The number of ether oxygens (including phenoxy) is 1. The summed E-state index contributed by atoms with van der Waals surface area (Å²) in [5.74, 6) is 0.261. The molecule has 0 aromatic heterocycles. The van der Waals surface area contributed by atoms with Crippen molar-refractivity contribution >= 4 is 6.03 Å². The quantitative estimate of drug-likeness (QED) is 0.716. The molecule has 1 aliphatic heterocycles. The van der Waals surface area contributed by atoms with Gasteiger partial charge in [0.15, 0.2) is 0 Å². The molecule has 0 radical (unpaired) electrons. The largest absolute Gasteiger partial charge is 0.396 e. The summed E-state index contributed by atoms with van der Waals surface area (Å²) in [7, 11) is 0. The maximum absolute atomic E-state index is 11.8. The van der Waals surface area contributed by atoms with Crippen LogP contribution in [0.15, 0.2) is 0 Å². The van der Waals surface area contributed by atoms with Gasteiger partial charge in [-0.05, 0) is 25.7 Å². The number of amides is 2. The van der Waals surface area contributed by atoms with Crippen molar-refractivity contribution in [3.8, 4) is 0 Å². The van der Waals surface area contributed by atoms with E-state index in [2.05, 4.69) is 5.32 Å². The molecule has 1 saturated heterocycles. The first-order valence-corrected chi connectivity index (χ1v) is 7.55. The number of aliphatic hydroxyl groups is 1. The second-order valence-corrected chi connectivity index (χ2v) is 5.65. The Balaban J connectivity index is 1.49. The molecule has 2 aliphatic rings. The third kappa shape index (κ3) is 4.66. The van der Waals surface area contributed by atoms with Gasteiger partial charge in [0.2, 0.25) is 0 Å². The van der Waals surface area contributed by atoms with Gasteiger partial charge in [0.25, 0.3) is 0 Å². The summed E-state index contributed by atoms with van der Waals surface area (Å²) in [6, 6.07) is -0.00295. The molecule has 2 fully saturated rings. The van der Waals surface area contributed by atoms with Crippen molar-refractivity contribution in [2.45, 2.75) is 44.6 Å². The van der Waals surface area contributed by atoms with Crippen LogP contribution >= 0.6 is 0 Å². The van der Waals surface area contributed by atoms with Crippen molar-refractivity contribution in [2.75, 3.05) is 32.8 Å². The third-order valence-corrected chi connectivity index (χ3v) is 4.08. The summed E-state index contributed by atoms with van der Waals surface area (Å²) in [6.45, 7) is 3.03. The van der Waals surface area contributed by atoms with Gasteiger partial charge < -0.3 is 20.1 Å². The highest BCUT2D eigenvalue weighted by atomic mass is 16.5. The summed E-state index contributed by atoms with van der Waals surface area (Å²) >= 11 is 0. The van der Waals surface area contributed by atoms with Gasteiger partial charge in [-0.1, -0.05) is 12.8 Å². The standard InChI is InChI=1S/C14H26N2O3/c17-11-12-6-8-16(10-12)14(18)15-7-3-9-19-13-4-1-2-5-13/h12-13,17H,1-11H2,(H,15,18). The predicted octanol–water partition coefficient (Wildman–Crippen LogP) is 1.36. The lowest BCUT2D eigenvalue weighted by molar-refractivity contribution is 0.0570. The van der Waals surface area contributed by atoms with Gasteiger partial charge in [0, 0.05) is 38.8 Å². The Morgan fingerprint density at radius 2 is 2.11 bits per heavy atom. The number of hydrogen-bond acceptors (Lipinski definition) is 3. The molecule has 2 rings (SSSR count). The second-order valence-electron chi connectivity index (χ2n) is 5.65. The zero-order chi connectivity index (χ0) is 13.5. The fourth-order valence-corrected chi connectivity index (χ4v) is 2.85. The van der Waals surface area contributed by atoms with E-state index in [1.807, 2.05) is 0 Å². The Labute approximate surface area is 115 Å². The van der Waals surface area contributed by atoms with Crippen LogP contribution in [0.5, 0.6) is 0 Å². The molecule has 1 heterocycles. The minimum atomic E-state index is -0.00295. The topological polar surface area (TPSA) is 61.8 Å². The van der Waals surface area contributed by atoms with Crippen molar-refractivity contribution < 1.29 is 14.6 Å². The fourth-order valence-electron chi connectivity index (χ4n) is 2.85. The monoisotopic (exact) mass is 270 g/mol. The van der Waals surface area contributed by atoms with Crippen LogP contribution < -0.4 is 5.32 Å². The van der Waals surface area contributed by atoms with Gasteiger partial charge in [0.1, 0.15) is 0 Å². The molecule has 2 amide bonds. The lowest BCUT2D eigenvalue weighted by atomic mass is 10.1. The number of aliphatic hydroxyl groups excluding tert-OH is 1. The highest BCUT2D eigenvalue weighted by Crippen LogP contribution is 2.20. The van der Waals surface area contributed by atoms with E-state index in [1.54, 1.807) is 4.90 Å². The van der Waals surface area contributed by atoms with Crippen LogP contribution in [0.4, 0.5) is 4.79 Å². The van der Waals surface area contributed by atoms with E-state index in [0.29, 0.717) is 19.2 Å². The van der Waals surface area contributed by atoms with Crippen molar-refractivity contribution in [1.82, 2.24) is 10.2 Å². The lowest BCUT2D eigenvalue weighted by Crippen LogP contribution is -2.39. The van der Waals surface area contributed by atoms with E-state index in [9.17, 15) is 4.79 Å². The van der Waals surface area contributed by atoms with Crippen LogP contribution in [0.1, 0.15) is 38.5 Å². The Kier molecular flexibility index (Phi) is 5.92. The lowest BCUT2D eigenvalue weighted by Gasteiger charge is -2.17. The Morgan fingerprint density at radius 3 is 2.79 bits per heavy atom. The summed E-state index contributed by atoms with van der Waals surface area (Å²) in [6.07, 6.45) is 7.23. The molecule has 110 valence electrons. The number of likely N-dealkylation sites (tertiary alicyclic amines) is 1. The smallest absolute Gasteiger partial charge is 0.317 e.